The van der Waals surface area contributed by atoms with Crippen molar-refractivity contribution in [2.24, 2.45) is 10.8 Å². The first-order valence-electron chi connectivity index (χ1n) is 3.04. The van der Waals surface area contributed by atoms with Crippen molar-refractivity contribution in [3.63, 3.8) is 0 Å². The van der Waals surface area contributed by atoms with Crippen molar-refractivity contribution in [2.45, 2.75) is 12.8 Å². The van der Waals surface area contributed by atoms with Crippen LogP contribution in [-0.4, -0.2) is 18.9 Å². The van der Waals surface area contributed by atoms with Crippen LogP contribution in [0.1, 0.15) is 12.8 Å². The average Bonchev–Trinajstić information content (AvgIpc) is 1.98. The van der Waals surface area contributed by atoms with Gasteiger partial charge in [-0.15, -0.1) is 0 Å². The van der Waals surface area contributed by atoms with E-state index in [2.05, 4.69) is 10.0 Å². The minimum absolute atomic E-state index is 0.00754. The van der Waals surface area contributed by atoms with E-state index in [-0.39, 0.29) is 12.3 Å². The highest BCUT2D eigenvalue weighted by molar-refractivity contribution is 5.80. The molecule has 0 heterocycles. The zero-order chi connectivity index (χ0) is 7.82. The van der Waals surface area contributed by atoms with Crippen LogP contribution in [-0.2, 0) is 4.79 Å². The summed E-state index contributed by atoms with van der Waals surface area (Å²) in [6.45, 7) is 0.457. The highest BCUT2D eigenvalue weighted by Gasteiger charge is 1.95. The lowest BCUT2D eigenvalue weighted by Crippen LogP contribution is -2.12. The van der Waals surface area contributed by atoms with Gasteiger partial charge in [0.1, 0.15) is 5.78 Å². The molecule has 0 unspecified atom stereocenters. The van der Waals surface area contributed by atoms with Gasteiger partial charge in [0.2, 0.25) is 0 Å². The molecule has 0 rings (SSSR count). The maximum atomic E-state index is 10.5. The molecular weight excluding hydrogens is 132 g/mol. The molecule has 0 spiro atoms. The summed E-state index contributed by atoms with van der Waals surface area (Å²) in [4.78, 5) is 13.1. The van der Waals surface area contributed by atoms with E-state index in [1.807, 2.05) is 0 Å². The summed E-state index contributed by atoms with van der Waals surface area (Å²) in [6, 6.07) is 0. The molecule has 0 aromatic heterocycles. The van der Waals surface area contributed by atoms with Crippen LogP contribution in [0.2, 0.25) is 0 Å². The largest absolute Gasteiger partial charge is 0.324 e. The summed E-state index contributed by atoms with van der Waals surface area (Å²) in [6.07, 6.45) is 1.01. The van der Waals surface area contributed by atoms with Gasteiger partial charge in [-0.2, -0.15) is 0 Å². The minimum atomic E-state index is 0.00754. The van der Waals surface area contributed by atoms with Crippen molar-refractivity contribution >= 4 is 5.78 Å². The van der Waals surface area contributed by atoms with Gasteiger partial charge in [-0.1, -0.05) is 5.11 Å². The van der Waals surface area contributed by atoms with Crippen LogP contribution < -0.4 is 5.73 Å². The zero-order valence-electron chi connectivity index (χ0n) is 5.66. The van der Waals surface area contributed by atoms with Gasteiger partial charge >= 0.3 is 0 Å². The molecule has 5 nitrogen and oxygen atoms in total. The van der Waals surface area contributed by atoms with Crippen LogP contribution in [0.3, 0.4) is 0 Å². The normalized spacial score (nSPS) is 8.50. The van der Waals surface area contributed by atoms with Crippen molar-refractivity contribution in [3.8, 4) is 0 Å². The van der Waals surface area contributed by atoms with Crippen molar-refractivity contribution < 1.29 is 4.79 Å². The topological polar surface area (TPSA) is 91.9 Å². The third-order valence-corrected chi connectivity index (χ3v) is 1.00. The van der Waals surface area contributed by atoms with Gasteiger partial charge in [0.05, 0.1) is 6.54 Å². The second-order valence-electron chi connectivity index (χ2n) is 1.80. The first-order valence-corrected chi connectivity index (χ1v) is 3.04. The summed E-state index contributed by atoms with van der Waals surface area (Å²) in [5.41, 5.74) is 12.9. The molecule has 0 atom stereocenters. The Morgan fingerprint density at radius 3 is 2.90 bits per heavy atom. The van der Waals surface area contributed by atoms with Crippen LogP contribution in [0, 0.1) is 0 Å². The van der Waals surface area contributed by atoms with E-state index in [4.69, 9.17) is 11.3 Å². The van der Waals surface area contributed by atoms with E-state index >= 15 is 0 Å². The molecule has 10 heavy (non-hydrogen) atoms. The SMILES string of the molecule is [N-]=[N+]=NCCCC(=O)CN. The molecule has 5 heteroatoms. The smallest absolute Gasteiger partial charge is 0.146 e. The number of nitrogens with zero attached hydrogens (tertiary/aromatic N) is 3. The second kappa shape index (κ2) is 6.07. The lowest BCUT2D eigenvalue weighted by Gasteiger charge is -1.91. The van der Waals surface area contributed by atoms with Gasteiger partial charge in [-0.3, -0.25) is 4.79 Å². The summed E-state index contributed by atoms with van der Waals surface area (Å²) >= 11 is 0. The number of Topliss-reactive ketones (excluding diaryl/α,β-unsaturated/α-hetero) is 1. The number of carbonyl (C=O) groups is 1. The molecular formula is C5H10N4O. The number of azide groups is 1. The van der Waals surface area contributed by atoms with Crippen LogP contribution in [0.15, 0.2) is 5.11 Å². The molecule has 0 aromatic carbocycles. The molecule has 56 valence electrons. The number of carbonyl (C=O) groups excluding carboxylic acids is 1. The number of rotatable bonds is 5. The average molecular weight is 142 g/mol. The fraction of sp³-hybridized carbons (Fsp3) is 0.800. The Hall–Kier alpha value is -1.06. The molecule has 0 aliphatic heterocycles. The number of nitrogens with two attached hydrogens (primary N) is 1. The summed E-state index contributed by atoms with van der Waals surface area (Å²) < 4.78 is 0. The van der Waals surface area contributed by atoms with E-state index in [0.717, 1.165) is 0 Å². The van der Waals surface area contributed by atoms with E-state index < -0.39 is 0 Å². The third-order valence-electron chi connectivity index (χ3n) is 1.00. The van der Waals surface area contributed by atoms with Gasteiger partial charge in [-0.05, 0) is 12.0 Å². The van der Waals surface area contributed by atoms with E-state index in [9.17, 15) is 4.79 Å². The van der Waals surface area contributed by atoms with E-state index in [1.54, 1.807) is 0 Å². The van der Waals surface area contributed by atoms with Gasteiger partial charge < -0.3 is 5.73 Å². The Morgan fingerprint density at radius 1 is 1.70 bits per heavy atom. The highest BCUT2D eigenvalue weighted by Crippen LogP contribution is 1.89. The Kier molecular flexibility index (Phi) is 5.42. The van der Waals surface area contributed by atoms with Crippen LogP contribution >= 0.6 is 0 Å². The molecule has 0 radical (unpaired) electrons. The van der Waals surface area contributed by atoms with Crippen molar-refractivity contribution in [3.05, 3.63) is 10.4 Å². The van der Waals surface area contributed by atoms with Gasteiger partial charge in [0, 0.05) is 17.9 Å². The van der Waals surface area contributed by atoms with Gasteiger partial charge in [0.15, 0.2) is 0 Å². The van der Waals surface area contributed by atoms with Crippen molar-refractivity contribution in [1.82, 2.24) is 0 Å². The summed E-state index contributed by atoms with van der Waals surface area (Å²) in [5, 5.41) is 3.27. The van der Waals surface area contributed by atoms with E-state index in [1.165, 1.54) is 0 Å². The molecule has 0 aliphatic carbocycles. The predicted octanol–water partition coefficient (Wildman–Crippen LogP) is 0.605. The number of hydrogen-bond acceptors (Lipinski definition) is 3. The third kappa shape index (κ3) is 5.08. The Balaban J connectivity index is 3.19. The number of ketones is 1. The quantitative estimate of drug-likeness (QED) is 0.263. The lowest BCUT2D eigenvalue weighted by molar-refractivity contribution is -0.117. The Bertz CT molecular complexity index is 150. The molecule has 0 aromatic rings. The fourth-order valence-corrected chi connectivity index (χ4v) is 0.494. The Labute approximate surface area is 58.8 Å². The van der Waals surface area contributed by atoms with Gasteiger partial charge in [0.25, 0.3) is 0 Å². The predicted molar refractivity (Wildman–Crippen MR) is 37.3 cm³/mol. The first kappa shape index (κ1) is 8.94. The van der Waals surface area contributed by atoms with Crippen LogP contribution in [0.25, 0.3) is 10.4 Å². The summed E-state index contributed by atoms with van der Waals surface area (Å²) in [5.74, 6) is 0.00754. The van der Waals surface area contributed by atoms with E-state index in [0.29, 0.717) is 19.4 Å². The number of hydrogen-bond donors (Lipinski definition) is 1. The summed E-state index contributed by atoms with van der Waals surface area (Å²) in [7, 11) is 0. The standard InChI is InChI=1S/C5H10N4O/c6-4-5(10)2-1-3-8-9-7/h1-4,6H2. The maximum absolute atomic E-state index is 10.5. The van der Waals surface area contributed by atoms with Gasteiger partial charge in [-0.25, -0.2) is 0 Å². The lowest BCUT2D eigenvalue weighted by atomic mass is 10.2. The highest BCUT2D eigenvalue weighted by atomic mass is 16.1. The maximum Gasteiger partial charge on any atom is 0.146 e. The first-order chi connectivity index (χ1) is 4.81. The van der Waals surface area contributed by atoms with Crippen LogP contribution in [0.5, 0.6) is 0 Å². The molecule has 0 fully saturated rings. The Morgan fingerprint density at radius 2 is 2.40 bits per heavy atom. The zero-order valence-corrected chi connectivity index (χ0v) is 5.66. The van der Waals surface area contributed by atoms with Crippen LogP contribution in [0.4, 0.5) is 0 Å². The molecule has 2 N–H and O–H groups in total. The fourth-order valence-electron chi connectivity index (χ4n) is 0.494. The molecule has 0 saturated carbocycles. The monoisotopic (exact) mass is 142 g/mol. The molecule has 0 amide bonds. The second-order valence-corrected chi connectivity index (χ2v) is 1.80. The molecule has 0 aliphatic rings. The minimum Gasteiger partial charge on any atom is -0.324 e. The molecule has 0 bridgehead atoms. The van der Waals surface area contributed by atoms with Crippen molar-refractivity contribution in [2.75, 3.05) is 13.1 Å². The van der Waals surface area contributed by atoms with Crippen molar-refractivity contribution in [1.29, 1.82) is 0 Å². The molecule has 0 saturated heterocycles.